The lowest BCUT2D eigenvalue weighted by molar-refractivity contribution is -0.126. The minimum absolute atomic E-state index is 0.195. The maximum atomic E-state index is 14.3. The molecule has 6 rings (SSSR count). The molecule has 6 aromatic rings. The third-order valence-electron chi connectivity index (χ3n) is 8.96. The Balaban J connectivity index is 1.26. The molecule has 0 spiro atoms. The van der Waals surface area contributed by atoms with Gasteiger partial charge in [-0.25, -0.2) is 0 Å². The monoisotopic (exact) mass is 721 g/mol. The Labute approximate surface area is 319 Å². The van der Waals surface area contributed by atoms with Crippen LogP contribution in [-0.4, -0.2) is 29.7 Å². The minimum Gasteiger partial charge on any atom is -0.340 e. The average molecular weight is 722 g/mol. The standard InChI is InChI=1S/C46H35N5O4/c1-2-32-20-26-39(27-21-32)49-45(55)41(50-44(54)35-24-28-40(29-25-35)48-43(53)34-22-18-33(31-47)19-23-34)30-42(52)51-46(36-12-6-3-7-13-36,37-14-8-4-9-15-37)38-16-10-5-11-17-38/h1,3-29,41H,30H2,(H,48,53)(H,49,55)(H,50,54)(H,51,52)/t41-/m0/s1. The number of nitrogens with zero attached hydrogens (tertiary/aromatic N) is 1. The van der Waals surface area contributed by atoms with Crippen molar-refractivity contribution in [2.24, 2.45) is 0 Å². The first kappa shape index (κ1) is 37.0. The van der Waals surface area contributed by atoms with Crippen LogP contribution in [0.1, 0.15) is 55.0 Å². The van der Waals surface area contributed by atoms with E-state index in [-0.39, 0.29) is 5.56 Å². The lowest BCUT2D eigenvalue weighted by atomic mass is 9.77. The third kappa shape index (κ3) is 8.83. The van der Waals surface area contributed by atoms with E-state index in [1.165, 1.54) is 12.1 Å². The fourth-order valence-corrected chi connectivity index (χ4v) is 6.16. The Hall–Kier alpha value is -7.75. The molecule has 0 saturated carbocycles. The molecule has 0 aliphatic carbocycles. The summed E-state index contributed by atoms with van der Waals surface area (Å²) in [7, 11) is 0. The van der Waals surface area contributed by atoms with Gasteiger partial charge >= 0.3 is 0 Å². The molecule has 6 aromatic carbocycles. The molecule has 9 heteroatoms. The molecule has 55 heavy (non-hydrogen) atoms. The summed E-state index contributed by atoms with van der Waals surface area (Å²) in [4.78, 5) is 54.6. The predicted octanol–water partition coefficient (Wildman–Crippen LogP) is 7.03. The summed E-state index contributed by atoms with van der Waals surface area (Å²) >= 11 is 0. The SMILES string of the molecule is C#Cc1ccc(NC(=O)[C@H](CC(=O)NC(c2ccccc2)(c2ccccc2)c2ccccc2)NC(=O)c2ccc(NC(=O)c3ccc(C#N)cc3)cc2)cc1. The number of hydrogen-bond acceptors (Lipinski definition) is 5. The van der Waals surface area contributed by atoms with Gasteiger partial charge in [0.15, 0.2) is 0 Å². The smallest absolute Gasteiger partial charge is 0.255 e. The van der Waals surface area contributed by atoms with Gasteiger partial charge < -0.3 is 21.3 Å². The van der Waals surface area contributed by atoms with Gasteiger partial charge in [-0.15, -0.1) is 6.42 Å². The number of nitriles is 1. The molecule has 4 N–H and O–H groups in total. The molecule has 9 nitrogen and oxygen atoms in total. The van der Waals surface area contributed by atoms with Gasteiger partial charge in [0.25, 0.3) is 11.8 Å². The van der Waals surface area contributed by atoms with Crippen LogP contribution in [0.4, 0.5) is 11.4 Å². The molecule has 0 saturated heterocycles. The molecule has 4 amide bonds. The van der Waals surface area contributed by atoms with Crippen LogP contribution in [0.2, 0.25) is 0 Å². The summed E-state index contributed by atoms with van der Waals surface area (Å²) < 4.78 is 0. The number of carbonyl (C=O) groups is 4. The highest BCUT2D eigenvalue weighted by atomic mass is 16.2. The van der Waals surface area contributed by atoms with Crippen LogP contribution < -0.4 is 21.3 Å². The van der Waals surface area contributed by atoms with Crippen LogP contribution in [0.5, 0.6) is 0 Å². The number of rotatable bonds is 12. The zero-order valence-electron chi connectivity index (χ0n) is 29.5. The molecule has 0 aliphatic heterocycles. The molecular weight excluding hydrogens is 687 g/mol. The van der Waals surface area contributed by atoms with Gasteiger partial charge in [0.1, 0.15) is 11.6 Å². The second kappa shape index (κ2) is 17.2. The zero-order valence-corrected chi connectivity index (χ0v) is 29.5. The molecule has 268 valence electrons. The Bertz CT molecular complexity index is 2270. The maximum Gasteiger partial charge on any atom is 0.255 e. The summed E-state index contributed by atoms with van der Waals surface area (Å²) in [6, 6.07) is 48.3. The van der Waals surface area contributed by atoms with Crippen molar-refractivity contribution >= 4 is 35.0 Å². The van der Waals surface area contributed by atoms with Crippen LogP contribution in [0.15, 0.2) is 164 Å². The Morgan fingerprint density at radius 2 is 1.00 bits per heavy atom. The first-order valence-electron chi connectivity index (χ1n) is 17.4. The number of amides is 4. The molecule has 0 heterocycles. The Morgan fingerprint density at radius 3 is 1.49 bits per heavy atom. The van der Waals surface area contributed by atoms with Crippen molar-refractivity contribution in [2.45, 2.75) is 18.0 Å². The zero-order chi connectivity index (χ0) is 38.6. The van der Waals surface area contributed by atoms with Crippen molar-refractivity contribution in [3.63, 3.8) is 0 Å². The molecule has 0 unspecified atom stereocenters. The van der Waals surface area contributed by atoms with E-state index in [0.717, 1.165) is 16.7 Å². The largest absolute Gasteiger partial charge is 0.340 e. The topological polar surface area (TPSA) is 140 Å². The molecule has 1 atom stereocenters. The van der Waals surface area contributed by atoms with Crippen LogP contribution >= 0.6 is 0 Å². The van der Waals surface area contributed by atoms with Gasteiger partial charge in [-0.3, -0.25) is 19.2 Å². The number of hydrogen-bond donors (Lipinski definition) is 4. The molecule has 0 bridgehead atoms. The van der Waals surface area contributed by atoms with Gasteiger partial charge in [0, 0.05) is 28.1 Å². The normalized spacial score (nSPS) is 11.2. The summed E-state index contributed by atoms with van der Waals surface area (Å²) in [5, 5.41) is 20.6. The quantitative estimate of drug-likeness (QED) is 0.0794. The third-order valence-corrected chi connectivity index (χ3v) is 8.96. The maximum absolute atomic E-state index is 14.3. The van der Waals surface area contributed by atoms with Crippen LogP contribution in [0, 0.1) is 23.7 Å². The van der Waals surface area contributed by atoms with E-state index in [1.54, 1.807) is 60.7 Å². The first-order valence-corrected chi connectivity index (χ1v) is 17.4. The second-order valence-corrected chi connectivity index (χ2v) is 12.6. The van der Waals surface area contributed by atoms with Crippen molar-refractivity contribution in [1.82, 2.24) is 10.6 Å². The highest BCUT2D eigenvalue weighted by Crippen LogP contribution is 2.37. The van der Waals surface area contributed by atoms with Crippen molar-refractivity contribution in [3.8, 4) is 18.4 Å². The number of terminal acetylenes is 1. The number of anilines is 2. The fourth-order valence-electron chi connectivity index (χ4n) is 6.16. The molecule has 0 fully saturated rings. The predicted molar refractivity (Wildman–Crippen MR) is 212 cm³/mol. The lowest BCUT2D eigenvalue weighted by Crippen LogP contribution is -2.52. The minimum atomic E-state index is -1.31. The summed E-state index contributed by atoms with van der Waals surface area (Å²) in [5.74, 6) is 0.414. The van der Waals surface area contributed by atoms with Crippen molar-refractivity contribution in [1.29, 1.82) is 5.26 Å². The van der Waals surface area contributed by atoms with E-state index >= 15 is 0 Å². The van der Waals surface area contributed by atoms with Crippen LogP contribution in [-0.2, 0) is 15.1 Å². The van der Waals surface area contributed by atoms with Crippen LogP contribution in [0.3, 0.4) is 0 Å². The highest BCUT2D eigenvalue weighted by molar-refractivity contribution is 6.05. The average Bonchev–Trinajstić information content (AvgIpc) is 3.24. The van der Waals surface area contributed by atoms with Gasteiger partial charge in [0.2, 0.25) is 11.8 Å². The van der Waals surface area contributed by atoms with Crippen molar-refractivity contribution < 1.29 is 19.2 Å². The summed E-state index contributed by atoms with van der Waals surface area (Å²) in [5.41, 5.74) is 3.71. The van der Waals surface area contributed by atoms with E-state index in [9.17, 15) is 19.2 Å². The van der Waals surface area contributed by atoms with Gasteiger partial charge in [-0.2, -0.15) is 5.26 Å². The molecule has 0 aromatic heterocycles. The molecule has 0 radical (unpaired) electrons. The molecular formula is C46H35N5O4. The number of nitrogens with one attached hydrogen (secondary N) is 4. The van der Waals surface area contributed by atoms with Crippen molar-refractivity contribution in [2.75, 3.05) is 10.6 Å². The van der Waals surface area contributed by atoms with E-state index in [0.29, 0.717) is 28.1 Å². The Morgan fingerprint density at radius 1 is 0.564 bits per heavy atom. The van der Waals surface area contributed by atoms with Crippen LogP contribution in [0.25, 0.3) is 0 Å². The summed E-state index contributed by atoms with van der Waals surface area (Å²) in [6.45, 7) is 0. The Kier molecular flexibility index (Phi) is 11.6. The number of carbonyl (C=O) groups excluding carboxylic acids is 4. The van der Waals surface area contributed by atoms with Gasteiger partial charge in [0.05, 0.1) is 18.1 Å². The van der Waals surface area contributed by atoms with E-state index in [1.807, 2.05) is 97.1 Å². The highest BCUT2D eigenvalue weighted by Gasteiger charge is 2.39. The van der Waals surface area contributed by atoms with Gasteiger partial charge in [-0.1, -0.05) is 96.9 Å². The first-order chi connectivity index (χ1) is 26.8. The van der Waals surface area contributed by atoms with E-state index in [2.05, 4.69) is 27.2 Å². The lowest BCUT2D eigenvalue weighted by Gasteiger charge is -2.37. The fraction of sp³-hybridized carbons (Fsp3) is 0.0652. The van der Waals surface area contributed by atoms with E-state index < -0.39 is 41.6 Å². The number of benzene rings is 6. The molecule has 0 aliphatic rings. The van der Waals surface area contributed by atoms with Gasteiger partial charge in [-0.05, 0) is 89.5 Å². The van der Waals surface area contributed by atoms with Crippen molar-refractivity contribution in [3.05, 3.63) is 203 Å². The summed E-state index contributed by atoms with van der Waals surface area (Å²) in [6.07, 6.45) is 5.09. The van der Waals surface area contributed by atoms with E-state index in [4.69, 9.17) is 11.7 Å². The second-order valence-electron chi connectivity index (χ2n) is 12.6.